The van der Waals surface area contributed by atoms with Crippen molar-refractivity contribution < 1.29 is 9.53 Å². The van der Waals surface area contributed by atoms with E-state index >= 15 is 0 Å². The molecule has 0 radical (unpaired) electrons. The molecule has 1 heterocycles. The van der Waals surface area contributed by atoms with Crippen molar-refractivity contribution in [1.29, 1.82) is 0 Å². The van der Waals surface area contributed by atoms with Crippen LogP contribution in [0.15, 0.2) is 24.4 Å². The summed E-state index contributed by atoms with van der Waals surface area (Å²) in [6.45, 7) is 4.63. The molecular formula is C14H21NO2. The lowest BCUT2D eigenvalue weighted by Crippen LogP contribution is -2.12. The van der Waals surface area contributed by atoms with Gasteiger partial charge >= 0.3 is 5.97 Å². The van der Waals surface area contributed by atoms with E-state index in [-0.39, 0.29) is 11.9 Å². The van der Waals surface area contributed by atoms with Gasteiger partial charge in [0.25, 0.3) is 0 Å². The molecule has 0 aliphatic heterocycles. The van der Waals surface area contributed by atoms with Crippen molar-refractivity contribution in [2.24, 2.45) is 0 Å². The number of carbonyl (C=O) groups excluding carboxylic acids is 1. The second-order valence-electron chi connectivity index (χ2n) is 4.16. The number of rotatable bonds is 7. The summed E-state index contributed by atoms with van der Waals surface area (Å²) < 4.78 is 5.12. The molecule has 0 aliphatic rings. The van der Waals surface area contributed by atoms with Gasteiger partial charge in [-0.15, -0.1) is 0 Å². The molecule has 0 bridgehead atoms. The summed E-state index contributed by atoms with van der Waals surface area (Å²) in [5, 5.41) is 0. The molecule has 0 saturated carbocycles. The lowest BCUT2D eigenvalue weighted by atomic mass is 9.95. The molecule has 0 aromatic carbocycles. The largest absolute Gasteiger partial charge is 0.466 e. The second-order valence-corrected chi connectivity index (χ2v) is 4.16. The van der Waals surface area contributed by atoms with Gasteiger partial charge in [-0.05, 0) is 25.0 Å². The van der Waals surface area contributed by atoms with Crippen LogP contribution in [0.25, 0.3) is 0 Å². The van der Waals surface area contributed by atoms with Gasteiger partial charge in [-0.25, -0.2) is 0 Å². The van der Waals surface area contributed by atoms with E-state index < -0.39 is 0 Å². The van der Waals surface area contributed by atoms with Gasteiger partial charge in [0.15, 0.2) is 0 Å². The number of esters is 1. The second kappa shape index (κ2) is 7.82. The van der Waals surface area contributed by atoms with Crippen molar-refractivity contribution in [3.8, 4) is 0 Å². The Labute approximate surface area is 103 Å². The Morgan fingerprint density at radius 3 is 2.76 bits per heavy atom. The van der Waals surface area contributed by atoms with E-state index in [1.165, 1.54) is 0 Å². The number of ether oxygens (including phenoxy) is 1. The van der Waals surface area contributed by atoms with E-state index in [1.807, 2.05) is 25.1 Å². The van der Waals surface area contributed by atoms with Crippen LogP contribution in [0, 0.1) is 0 Å². The fourth-order valence-electron chi connectivity index (χ4n) is 1.80. The normalized spacial score (nSPS) is 12.1. The van der Waals surface area contributed by atoms with Crippen LogP contribution < -0.4 is 0 Å². The highest BCUT2D eigenvalue weighted by Crippen LogP contribution is 2.23. The average Bonchev–Trinajstić information content (AvgIpc) is 2.37. The highest BCUT2D eigenvalue weighted by Gasteiger charge is 2.17. The first kappa shape index (κ1) is 13.7. The quantitative estimate of drug-likeness (QED) is 0.681. The van der Waals surface area contributed by atoms with Crippen molar-refractivity contribution in [3.63, 3.8) is 0 Å². The van der Waals surface area contributed by atoms with Crippen LogP contribution in [0.5, 0.6) is 0 Å². The zero-order chi connectivity index (χ0) is 12.5. The molecule has 0 fully saturated rings. The minimum absolute atomic E-state index is 0.115. The summed E-state index contributed by atoms with van der Waals surface area (Å²) in [5.41, 5.74) is 0.989. The fourth-order valence-corrected chi connectivity index (χ4v) is 1.80. The first-order valence-electron chi connectivity index (χ1n) is 6.34. The third-order valence-electron chi connectivity index (χ3n) is 2.62. The molecule has 0 amide bonds. The molecule has 1 rings (SSSR count). The van der Waals surface area contributed by atoms with Crippen LogP contribution in [-0.2, 0) is 9.53 Å². The topological polar surface area (TPSA) is 39.2 Å². The number of hydrogen-bond donors (Lipinski definition) is 0. The fraction of sp³-hybridized carbons (Fsp3) is 0.571. The molecule has 0 spiro atoms. The summed E-state index contributed by atoms with van der Waals surface area (Å²) in [4.78, 5) is 15.9. The summed E-state index contributed by atoms with van der Waals surface area (Å²) >= 11 is 0. The van der Waals surface area contributed by atoms with Gasteiger partial charge < -0.3 is 4.74 Å². The van der Waals surface area contributed by atoms with Crippen LogP contribution in [0.3, 0.4) is 0 Å². The number of carbonyl (C=O) groups is 1. The first-order valence-corrected chi connectivity index (χ1v) is 6.34. The Kier molecular flexibility index (Phi) is 6.30. The average molecular weight is 235 g/mol. The van der Waals surface area contributed by atoms with Gasteiger partial charge in [-0.1, -0.05) is 26.3 Å². The molecule has 3 heteroatoms. The lowest BCUT2D eigenvalue weighted by molar-refractivity contribution is -0.144. The van der Waals surface area contributed by atoms with Crippen LogP contribution in [0.4, 0.5) is 0 Å². The molecule has 1 unspecified atom stereocenters. The molecule has 1 atom stereocenters. The molecule has 1 aromatic heterocycles. The Morgan fingerprint density at radius 1 is 1.35 bits per heavy atom. The standard InChI is InChI=1S/C14H21NO2/c1-3-7-12(11-14(16)17-10-4-2)13-8-5-6-9-15-13/h5-6,8-9,12H,3-4,7,10-11H2,1-2H3. The van der Waals surface area contributed by atoms with Crippen LogP contribution in [0.1, 0.15) is 51.1 Å². The van der Waals surface area contributed by atoms with Crippen LogP contribution in [-0.4, -0.2) is 17.6 Å². The molecule has 0 N–H and O–H groups in total. The van der Waals surface area contributed by atoms with Crippen LogP contribution in [0.2, 0.25) is 0 Å². The summed E-state index contributed by atoms with van der Waals surface area (Å²) in [7, 11) is 0. The predicted octanol–water partition coefficient (Wildman–Crippen LogP) is 3.31. The van der Waals surface area contributed by atoms with Crippen molar-refractivity contribution in [2.45, 2.75) is 45.4 Å². The van der Waals surface area contributed by atoms with Crippen LogP contribution >= 0.6 is 0 Å². The van der Waals surface area contributed by atoms with Crippen molar-refractivity contribution >= 4 is 5.97 Å². The smallest absolute Gasteiger partial charge is 0.306 e. The van der Waals surface area contributed by atoms with Crippen molar-refractivity contribution in [1.82, 2.24) is 4.98 Å². The minimum atomic E-state index is -0.115. The number of aromatic nitrogens is 1. The number of pyridine rings is 1. The SMILES string of the molecule is CCCOC(=O)CC(CCC)c1ccccn1. The molecule has 0 saturated heterocycles. The van der Waals surface area contributed by atoms with Gasteiger partial charge in [-0.2, -0.15) is 0 Å². The Bertz CT molecular complexity index is 324. The molecule has 3 nitrogen and oxygen atoms in total. The lowest BCUT2D eigenvalue weighted by Gasteiger charge is -2.14. The molecular weight excluding hydrogens is 214 g/mol. The van der Waals surface area contributed by atoms with E-state index in [2.05, 4.69) is 11.9 Å². The van der Waals surface area contributed by atoms with Gasteiger partial charge in [0.2, 0.25) is 0 Å². The number of nitrogens with zero attached hydrogens (tertiary/aromatic N) is 1. The Morgan fingerprint density at radius 2 is 2.18 bits per heavy atom. The maximum Gasteiger partial charge on any atom is 0.306 e. The highest BCUT2D eigenvalue weighted by molar-refractivity contribution is 5.70. The predicted molar refractivity (Wildman–Crippen MR) is 67.8 cm³/mol. The van der Waals surface area contributed by atoms with E-state index in [0.717, 1.165) is 25.0 Å². The van der Waals surface area contributed by atoms with Gasteiger partial charge in [-0.3, -0.25) is 9.78 Å². The third-order valence-corrected chi connectivity index (χ3v) is 2.62. The summed E-state index contributed by atoms with van der Waals surface area (Å²) in [6.07, 6.45) is 5.09. The summed E-state index contributed by atoms with van der Waals surface area (Å²) in [5.74, 6) is 0.0708. The highest BCUT2D eigenvalue weighted by atomic mass is 16.5. The minimum Gasteiger partial charge on any atom is -0.466 e. The zero-order valence-electron chi connectivity index (χ0n) is 10.7. The van der Waals surface area contributed by atoms with E-state index in [9.17, 15) is 4.79 Å². The van der Waals surface area contributed by atoms with E-state index in [4.69, 9.17) is 4.74 Å². The molecule has 94 valence electrons. The van der Waals surface area contributed by atoms with E-state index in [1.54, 1.807) is 6.20 Å². The van der Waals surface area contributed by atoms with E-state index in [0.29, 0.717) is 13.0 Å². The van der Waals surface area contributed by atoms with Gasteiger partial charge in [0.05, 0.1) is 13.0 Å². The monoisotopic (exact) mass is 235 g/mol. The Hall–Kier alpha value is -1.38. The summed E-state index contributed by atoms with van der Waals surface area (Å²) in [6, 6.07) is 5.83. The van der Waals surface area contributed by atoms with Crippen molar-refractivity contribution in [3.05, 3.63) is 30.1 Å². The van der Waals surface area contributed by atoms with Gasteiger partial charge in [0.1, 0.15) is 0 Å². The first-order chi connectivity index (χ1) is 8.27. The van der Waals surface area contributed by atoms with Crippen molar-refractivity contribution in [2.75, 3.05) is 6.61 Å². The zero-order valence-corrected chi connectivity index (χ0v) is 10.7. The van der Waals surface area contributed by atoms with Gasteiger partial charge in [0, 0.05) is 17.8 Å². The Balaban J connectivity index is 2.57. The number of hydrogen-bond acceptors (Lipinski definition) is 3. The molecule has 17 heavy (non-hydrogen) atoms. The molecule has 0 aliphatic carbocycles. The molecule has 1 aromatic rings. The maximum atomic E-state index is 11.6. The maximum absolute atomic E-state index is 11.6. The third kappa shape index (κ3) is 4.98.